The average molecular weight is 201 g/mol. The van der Waals surface area contributed by atoms with Gasteiger partial charge < -0.3 is 16.0 Å². The van der Waals surface area contributed by atoms with Gasteiger partial charge in [-0.2, -0.15) is 0 Å². The van der Waals surface area contributed by atoms with Crippen LogP contribution in [0.1, 0.15) is 27.2 Å². The SMILES string of the molecule is CCN(C)C(=O)NCC(N)CC(C)C. The largest absolute Gasteiger partial charge is 0.336 e. The summed E-state index contributed by atoms with van der Waals surface area (Å²) in [4.78, 5) is 13.0. The van der Waals surface area contributed by atoms with Crippen molar-refractivity contribution in [2.75, 3.05) is 20.1 Å². The van der Waals surface area contributed by atoms with Crippen LogP contribution < -0.4 is 11.1 Å². The van der Waals surface area contributed by atoms with Crippen molar-refractivity contribution in [2.24, 2.45) is 11.7 Å². The molecule has 0 radical (unpaired) electrons. The molecule has 0 aliphatic rings. The van der Waals surface area contributed by atoms with Crippen molar-refractivity contribution in [3.8, 4) is 0 Å². The number of nitrogens with one attached hydrogen (secondary N) is 1. The molecule has 0 aliphatic carbocycles. The van der Waals surface area contributed by atoms with Gasteiger partial charge in [0.25, 0.3) is 0 Å². The second kappa shape index (κ2) is 6.65. The molecule has 0 aromatic heterocycles. The summed E-state index contributed by atoms with van der Waals surface area (Å²) in [6.07, 6.45) is 0.941. The minimum absolute atomic E-state index is 0.0493. The number of rotatable bonds is 5. The summed E-state index contributed by atoms with van der Waals surface area (Å²) < 4.78 is 0. The Morgan fingerprint density at radius 2 is 2.07 bits per heavy atom. The first-order valence-electron chi connectivity index (χ1n) is 5.21. The van der Waals surface area contributed by atoms with E-state index in [1.165, 1.54) is 0 Å². The quantitative estimate of drug-likeness (QED) is 0.697. The van der Waals surface area contributed by atoms with Gasteiger partial charge in [-0.3, -0.25) is 0 Å². The van der Waals surface area contributed by atoms with Crippen LogP contribution in [0.4, 0.5) is 4.79 Å². The zero-order chi connectivity index (χ0) is 11.1. The van der Waals surface area contributed by atoms with Crippen LogP contribution in [0.25, 0.3) is 0 Å². The van der Waals surface area contributed by atoms with Crippen LogP contribution in [0.3, 0.4) is 0 Å². The van der Waals surface area contributed by atoms with Crippen LogP contribution in [0, 0.1) is 5.92 Å². The molecule has 0 rings (SSSR count). The molecule has 0 aliphatic heterocycles. The fourth-order valence-corrected chi connectivity index (χ4v) is 1.19. The third kappa shape index (κ3) is 5.80. The van der Waals surface area contributed by atoms with Gasteiger partial charge in [-0.05, 0) is 19.3 Å². The van der Waals surface area contributed by atoms with Gasteiger partial charge in [0.1, 0.15) is 0 Å². The van der Waals surface area contributed by atoms with E-state index in [1.807, 2.05) is 6.92 Å². The van der Waals surface area contributed by atoms with Crippen LogP contribution in [-0.4, -0.2) is 37.1 Å². The lowest BCUT2D eigenvalue weighted by Crippen LogP contribution is -2.43. The average Bonchev–Trinajstić information content (AvgIpc) is 2.11. The van der Waals surface area contributed by atoms with E-state index >= 15 is 0 Å². The Kier molecular flexibility index (Phi) is 6.28. The second-order valence-electron chi connectivity index (χ2n) is 4.09. The Morgan fingerprint density at radius 3 is 2.50 bits per heavy atom. The molecule has 2 amide bonds. The van der Waals surface area contributed by atoms with E-state index in [0.29, 0.717) is 19.0 Å². The number of hydrogen-bond donors (Lipinski definition) is 2. The maximum absolute atomic E-state index is 11.3. The van der Waals surface area contributed by atoms with Gasteiger partial charge in [0, 0.05) is 26.2 Å². The molecule has 0 fully saturated rings. The van der Waals surface area contributed by atoms with E-state index < -0.39 is 0 Å². The van der Waals surface area contributed by atoms with Gasteiger partial charge in [0.15, 0.2) is 0 Å². The van der Waals surface area contributed by atoms with Crippen LogP contribution >= 0.6 is 0 Å². The van der Waals surface area contributed by atoms with Crippen LogP contribution in [-0.2, 0) is 0 Å². The highest BCUT2D eigenvalue weighted by Gasteiger charge is 2.09. The number of carbonyl (C=O) groups excluding carboxylic acids is 1. The summed E-state index contributed by atoms with van der Waals surface area (Å²) in [5, 5.41) is 2.80. The van der Waals surface area contributed by atoms with Gasteiger partial charge >= 0.3 is 6.03 Å². The number of hydrogen-bond acceptors (Lipinski definition) is 2. The zero-order valence-corrected chi connectivity index (χ0v) is 9.71. The fraction of sp³-hybridized carbons (Fsp3) is 0.900. The molecule has 1 atom stereocenters. The molecule has 3 N–H and O–H groups in total. The van der Waals surface area contributed by atoms with Crippen molar-refractivity contribution >= 4 is 6.03 Å². The summed E-state index contributed by atoms with van der Waals surface area (Å²) in [6.45, 7) is 7.46. The first-order valence-corrected chi connectivity index (χ1v) is 5.21. The summed E-state index contributed by atoms with van der Waals surface area (Å²) in [5.41, 5.74) is 5.83. The van der Waals surface area contributed by atoms with Gasteiger partial charge in [-0.25, -0.2) is 4.79 Å². The molecule has 0 saturated heterocycles. The van der Waals surface area contributed by atoms with Crippen molar-refractivity contribution < 1.29 is 4.79 Å². The van der Waals surface area contributed by atoms with E-state index in [2.05, 4.69) is 19.2 Å². The van der Waals surface area contributed by atoms with Gasteiger partial charge in [0.2, 0.25) is 0 Å². The van der Waals surface area contributed by atoms with Crippen LogP contribution in [0.5, 0.6) is 0 Å². The third-order valence-corrected chi connectivity index (χ3v) is 2.11. The molecule has 0 aromatic carbocycles. The van der Waals surface area contributed by atoms with Crippen molar-refractivity contribution in [2.45, 2.75) is 33.2 Å². The first kappa shape index (κ1) is 13.2. The summed E-state index contributed by atoms with van der Waals surface area (Å²) in [5.74, 6) is 0.575. The molecule has 0 bridgehead atoms. The Balaban J connectivity index is 3.66. The van der Waals surface area contributed by atoms with E-state index in [-0.39, 0.29) is 12.1 Å². The second-order valence-corrected chi connectivity index (χ2v) is 4.09. The number of carbonyl (C=O) groups is 1. The molecule has 1 unspecified atom stereocenters. The molecule has 0 aromatic rings. The molecular formula is C10H23N3O. The summed E-state index contributed by atoms with van der Waals surface area (Å²) in [6, 6.07) is 0.0101. The molecule has 4 heteroatoms. The maximum atomic E-state index is 11.3. The lowest BCUT2D eigenvalue weighted by Gasteiger charge is -2.19. The fourth-order valence-electron chi connectivity index (χ4n) is 1.19. The predicted molar refractivity (Wildman–Crippen MR) is 59.1 cm³/mol. The molecule has 0 saturated carbocycles. The number of nitrogens with two attached hydrogens (primary N) is 1. The Hall–Kier alpha value is -0.770. The van der Waals surface area contributed by atoms with E-state index in [9.17, 15) is 4.79 Å². The van der Waals surface area contributed by atoms with E-state index in [0.717, 1.165) is 6.42 Å². The molecule has 84 valence electrons. The Bertz CT molecular complexity index is 171. The highest BCUT2D eigenvalue weighted by molar-refractivity contribution is 5.73. The Labute approximate surface area is 86.8 Å². The van der Waals surface area contributed by atoms with Crippen molar-refractivity contribution in [1.82, 2.24) is 10.2 Å². The minimum atomic E-state index is -0.0493. The zero-order valence-electron chi connectivity index (χ0n) is 9.71. The summed E-state index contributed by atoms with van der Waals surface area (Å²) >= 11 is 0. The molecule has 0 heterocycles. The van der Waals surface area contributed by atoms with Gasteiger partial charge in [-0.15, -0.1) is 0 Å². The lowest BCUT2D eigenvalue weighted by molar-refractivity contribution is 0.210. The molecule has 14 heavy (non-hydrogen) atoms. The van der Waals surface area contributed by atoms with Crippen LogP contribution in [0.15, 0.2) is 0 Å². The third-order valence-electron chi connectivity index (χ3n) is 2.11. The molecular weight excluding hydrogens is 178 g/mol. The van der Waals surface area contributed by atoms with E-state index in [4.69, 9.17) is 5.73 Å². The smallest absolute Gasteiger partial charge is 0.317 e. The van der Waals surface area contributed by atoms with Gasteiger partial charge in [0.05, 0.1) is 0 Å². The van der Waals surface area contributed by atoms with Crippen molar-refractivity contribution in [1.29, 1.82) is 0 Å². The molecule has 4 nitrogen and oxygen atoms in total. The predicted octanol–water partition coefficient (Wildman–Crippen LogP) is 1.02. The number of nitrogens with zero attached hydrogens (tertiary/aromatic N) is 1. The maximum Gasteiger partial charge on any atom is 0.317 e. The molecule has 0 spiro atoms. The van der Waals surface area contributed by atoms with Crippen LogP contribution in [0.2, 0.25) is 0 Å². The highest BCUT2D eigenvalue weighted by Crippen LogP contribution is 2.01. The monoisotopic (exact) mass is 201 g/mol. The number of amides is 2. The van der Waals surface area contributed by atoms with E-state index in [1.54, 1.807) is 11.9 Å². The van der Waals surface area contributed by atoms with Crippen molar-refractivity contribution in [3.05, 3.63) is 0 Å². The van der Waals surface area contributed by atoms with Crippen molar-refractivity contribution in [3.63, 3.8) is 0 Å². The Morgan fingerprint density at radius 1 is 1.50 bits per heavy atom. The van der Waals surface area contributed by atoms with Gasteiger partial charge in [-0.1, -0.05) is 13.8 Å². The lowest BCUT2D eigenvalue weighted by atomic mass is 10.0. The topological polar surface area (TPSA) is 58.4 Å². The minimum Gasteiger partial charge on any atom is -0.336 e. The number of urea groups is 1. The highest BCUT2D eigenvalue weighted by atomic mass is 16.2. The normalized spacial score (nSPS) is 12.7. The summed E-state index contributed by atoms with van der Waals surface area (Å²) in [7, 11) is 1.77. The standard InChI is InChI=1S/C10H23N3O/c1-5-13(4)10(14)12-7-9(11)6-8(2)3/h8-9H,5-7,11H2,1-4H3,(H,12,14). The first-order chi connectivity index (χ1) is 6.47.